The van der Waals surface area contributed by atoms with Gasteiger partial charge >= 0.3 is 0 Å². The molecule has 4 aliphatic carbocycles. The number of aliphatic hydroxyl groups excluding tert-OH is 1. The second-order valence-corrected chi connectivity index (χ2v) is 8.70. The highest BCUT2D eigenvalue weighted by Gasteiger charge is 2.57. The van der Waals surface area contributed by atoms with E-state index in [0.29, 0.717) is 17.3 Å². The summed E-state index contributed by atoms with van der Waals surface area (Å²) in [6, 6.07) is 0. The zero-order chi connectivity index (χ0) is 16.2. The maximum atomic E-state index is 9.99. The Morgan fingerprint density at radius 2 is 2.13 bits per heavy atom. The van der Waals surface area contributed by atoms with Crippen molar-refractivity contribution in [2.24, 2.45) is 40.9 Å². The van der Waals surface area contributed by atoms with Gasteiger partial charge in [0.15, 0.2) is 0 Å². The molecule has 2 N–H and O–H groups in total. The van der Waals surface area contributed by atoms with Gasteiger partial charge in [0.05, 0.1) is 0 Å². The number of rotatable bonds is 2. The molecule has 4 rings (SSSR count). The number of aliphatic hydroxyl groups is 1. The lowest BCUT2D eigenvalue weighted by Crippen LogP contribution is -2.49. The van der Waals surface area contributed by atoms with Gasteiger partial charge in [-0.25, -0.2) is 0 Å². The van der Waals surface area contributed by atoms with Crippen LogP contribution >= 0.6 is 0 Å². The van der Waals surface area contributed by atoms with E-state index in [9.17, 15) is 5.11 Å². The van der Waals surface area contributed by atoms with Crippen molar-refractivity contribution in [3.63, 3.8) is 0 Å². The summed E-state index contributed by atoms with van der Waals surface area (Å²) in [5.74, 6) is 4.05. The molecule has 0 saturated heterocycles. The minimum absolute atomic E-state index is 0.266. The molecular weight excluding hydrogens is 282 g/mol. The molecule has 0 aromatic carbocycles. The van der Waals surface area contributed by atoms with Crippen LogP contribution in [0.3, 0.4) is 0 Å². The first-order valence-corrected chi connectivity index (χ1v) is 9.64. The number of hydrogen-bond acceptors (Lipinski definition) is 2. The van der Waals surface area contributed by atoms with Crippen LogP contribution in [0.1, 0.15) is 51.9 Å². The van der Waals surface area contributed by atoms with Gasteiger partial charge in [0, 0.05) is 18.2 Å². The number of allylic oxidation sites excluding steroid dienone is 2. The van der Waals surface area contributed by atoms with Crippen molar-refractivity contribution in [3.8, 4) is 0 Å². The minimum atomic E-state index is 0.266. The number of nitrogens with one attached hydrogen (secondary N) is 1. The third-order valence-electron chi connectivity index (χ3n) is 8.14. The van der Waals surface area contributed by atoms with E-state index in [2.05, 4.69) is 25.7 Å². The lowest BCUT2D eigenvalue weighted by Gasteiger charge is -2.55. The van der Waals surface area contributed by atoms with Crippen molar-refractivity contribution in [2.75, 3.05) is 6.61 Å². The van der Waals surface area contributed by atoms with Crippen molar-refractivity contribution in [1.29, 1.82) is 5.41 Å². The third kappa shape index (κ3) is 2.13. The monoisotopic (exact) mass is 313 g/mol. The molecule has 0 bridgehead atoms. The summed E-state index contributed by atoms with van der Waals surface area (Å²) in [7, 11) is 0. The van der Waals surface area contributed by atoms with E-state index in [1.807, 2.05) is 0 Å². The fourth-order valence-corrected chi connectivity index (χ4v) is 6.98. The molecule has 0 aromatic heterocycles. The molecule has 7 unspecified atom stereocenters. The van der Waals surface area contributed by atoms with Crippen LogP contribution in [0, 0.1) is 46.3 Å². The van der Waals surface area contributed by atoms with Gasteiger partial charge < -0.3 is 10.5 Å². The summed E-state index contributed by atoms with van der Waals surface area (Å²) in [6.07, 6.45) is 13.0. The first-order valence-electron chi connectivity index (χ1n) is 9.64. The quantitative estimate of drug-likeness (QED) is 0.719. The lowest BCUT2D eigenvalue weighted by atomic mass is 9.49. The molecule has 0 radical (unpaired) electrons. The zero-order valence-electron chi connectivity index (χ0n) is 14.4. The fraction of sp³-hybridized carbons (Fsp3) is 0.762. The van der Waals surface area contributed by atoms with Crippen LogP contribution in [0.2, 0.25) is 0 Å². The van der Waals surface area contributed by atoms with Gasteiger partial charge in [-0.1, -0.05) is 18.6 Å². The van der Waals surface area contributed by atoms with Crippen molar-refractivity contribution >= 4 is 5.71 Å². The Morgan fingerprint density at radius 3 is 2.87 bits per heavy atom. The highest BCUT2D eigenvalue weighted by Crippen LogP contribution is 2.64. The summed E-state index contributed by atoms with van der Waals surface area (Å²) in [4.78, 5) is 0. The summed E-state index contributed by atoms with van der Waals surface area (Å²) in [5.41, 5.74) is 2.56. The molecule has 7 atom stereocenters. The Balaban J connectivity index is 1.70. The van der Waals surface area contributed by atoms with E-state index < -0.39 is 0 Å². The predicted octanol–water partition coefficient (Wildman–Crippen LogP) is 4.60. The maximum absolute atomic E-state index is 9.99. The molecule has 0 spiro atoms. The Morgan fingerprint density at radius 1 is 1.30 bits per heavy atom. The normalized spacial score (nSPS) is 49.0. The molecule has 0 amide bonds. The van der Waals surface area contributed by atoms with Crippen LogP contribution in [-0.4, -0.2) is 17.4 Å². The molecule has 2 nitrogen and oxygen atoms in total. The highest BCUT2D eigenvalue weighted by atomic mass is 16.3. The van der Waals surface area contributed by atoms with Gasteiger partial charge in [0.2, 0.25) is 0 Å². The molecule has 4 aliphatic rings. The van der Waals surface area contributed by atoms with Crippen molar-refractivity contribution < 1.29 is 5.11 Å². The van der Waals surface area contributed by atoms with Crippen LogP contribution < -0.4 is 0 Å². The van der Waals surface area contributed by atoms with Gasteiger partial charge in [-0.05, 0) is 86.0 Å². The molecule has 0 aromatic rings. The van der Waals surface area contributed by atoms with Crippen molar-refractivity contribution in [3.05, 3.63) is 24.3 Å². The van der Waals surface area contributed by atoms with E-state index in [0.717, 1.165) is 48.6 Å². The minimum Gasteiger partial charge on any atom is -0.396 e. The Kier molecular flexibility index (Phi) is 3.79. The third-order valence-corrected chi connectivity index (χ3v) is 8.14. The second-order valence-electron chi connectivity index (χ2n) is 8.70. The molecule has 0 heterocycles. The molecular formula is C21H31NO. The fourth-order valence-electron chi connectivity index (χ4n) is 6.98. The number of hydrogen-bond donors (Lipinski definition) is 2. The average molecular weight is 313 g/mol. The standard InChI is InChI=1S/C21H31NO/c1-3-21-9-8-17-16-6-5-15(22)11-18(16)14(12-23)10-19(17)20(21)7-4-13(21)2/h3,11,13-14,16-17,19-20,22-23H,1,4-10,12H2,2H3. The van der Waals surface area contributed by atoms with Crippen LogP contribution in [0.4, 0.5) is 0 Å². The molecule has 2 heteroatoms. The predicted molar refractivity (Wildman–Crippen MR) is 94.5 cm³/mol. The van der Waals surface area contributed by atoms with E-state index >= 15 is 0 Å². The molecule has 126 valence electrons. The van der Waals surface area contributed by atoms with Crippen LogP contribution in [0.25, 0.3) is 0 Å². The summed E-state index contributed by atoms with van der Waals surface area (Å²) < 4.78 is 0. The van der Waals surface area contributed by atoms with Gasteiger partial charge in [-0.3, -0.25) is 0 Å². The lowest BCUT2D eigenvalue weighted by molar-refractivity contribution is -0.0181. The topological polar surface area (TPSA) is 44.1 Å². The smallest absolute Gasteiger partial charge is 0.0496 e. The number of fused-ring (bicyclic) bond motifs is 5. The first-order chi connectivity index (χ1) is 11.1. The summed E-state index contributed by atoms with van der Waals surface area (Å²) >= 11 is 0. The zero-order valence-corrected chi connectivity index (χ0v) is 14.4. The van der Waals surface area contributed by atoms with Gasteiger partial charge in [0.1, 0.15) is 0 Å². The SMILES string of the molecule is C=CC12CCC3C4CCC(=N)C=C4C(CO)CC3C1CCC2C. The summed E-state index contributed by atoms with van der Waals surface area (Å²) in [5, 5.41) is 18.0. The first kappa shape index (κ1) is 15.6. The van der Waals surface area contributed by atoms with Crippen LogP contribution in [-0.2, 0) is 0 Å². The Hall–Kier alpha value is -0.890. The largest absolute Gasteiger partial charge is 0.396 e. The van der Waals surface area contributed by atoms with E-state index in [1.54, 1.807) is 0 Å². The van der Waals surface area contributed by atoms with E-state index in [-0.39, 0.29) is 6.61 Å². The van der Waals surface area contributed by atoms with Crippen molar-refractivity contribution in [1.82, 2.24) is 0 Å². The average Bonchev–Trinajstić information content (AvgIpc) is 2.91. The highest BCUT2D eigenvalue weighted by molar-refractivity contribution is 5.93. The summed E-state index contributed by atoms with van der Waals surface area (Å²) in [6.45, 7) is 6.95. The van der Waals surface area contributed by atoms with Gasteiger partial charge in [0.25, 0.3) is 0 Å². The van der Waals surface area contributed by atoms with Crippen LogP contribution in [0.5, 0.6) is 0 Å². The van der Waals surface area contributed by atoms with E-state index in [1.165, 1.54) is 31.3 Å². The molecule has 3 saturated carbocycles. The molecule has 0 aliphatic heterocycles. The van der Waals surface area contributed by atoms with E-state index in [4.69, 9.17) is 5.41 Å². The molecule has 23 heavy (non-hydrogen) atoms. The Labute approximate surface area is 140 Å². The van der Waals surface area contributed by atoms with Gasteiger partial charge in [-0.2, -0.15) is 0 Å². The van der Waals surface area contributed by atoms with Gasteiger partial charge in [-0.15, -0.1) is 6.58 Å². The Bertz CT molecular complexity index is 550. The maximum Gasteiger partial charge on any atom is 0.0496 e. The van der Waals surface area contributed by atoms with Crippen molar-refractivity contribution in [2.45, 2.75) is 51.9 Å². The second kappa shape index (κ2) is 5.58. The van der Waals surface area contributed by atoms with Crippen LogP contribution in [0.15, 0.2) is 24.3 Å². The molecule has 3 fully saturated rings.